The van der Waals surface area contributed by atoms with Crippen molar-refractivity contribution in [3.8, 4) is 11.5 Å². The minimum Gasteiger partial charge on any atom is -0.493 e. The van der Waals surface area contributed by atoms with Crippen LogP contribution in [0.25, 0.3) is 0 Å². The zero-order valence-electron chi connectivity index (χ0n) is 11.8. The lowest BCUT2D eigenvalue weighted by Gasteiger charge is -2.16. The number of alkyl carbamates (subject to hydrolysis) is 1. The number of rotatable bonds is 7. The van der Waals surface area contributed by atoms with Crippen LogP contribution in [0.3, 0.4) is 0 Å². The quantitative estimate of drug-likeness (QED) is 0.787. The summed E-state index contributed by atoms with van der Waals surface area (Å²) < 4.78 is 16.2. The van der Waals surface area contributed by atoms with E-state index in [0.29, 0.717) is 31.2 Å². The first-order chi connectivity index (χ1) is 9.74. The van der Waals surface area contributed by atoms with Crippen molar-refractivity contribution in [2.45, 2.75) is 19.6 Å². The average molecular weight is 280 g/mol. The Balaban J connectivity index is 2.05. The molecule has 1 saturated heterocycles. The summed E-state index contributed by atoms with van der Waals surface area (Å²) in [4.78, 5) is 11.0. The molecule has 0 saturated carbocycles. The standard InChI is InChI=1S/C14H20N2O4/c1-3-15-7-10-5-4-6-12(18-2)13(10)19-9-11-8-16-14(17)20-11/h4-6,11,15H,3,7-9H2,1-2H3,(H,16,17). The molecule has 1 aromatic rings. The van der Waals surface area contributed by atoms with Gasteiger partial charge in [-0.3, -0.25) is 0 Å². The van der Waals surface area contributed by atoms with Crippen LogP contribution in [0.15, 0.2) is 18.2 Å². The zero-order chi connectivity index (χ0) is 14.4. The maximum Gasteiger partial charge on any atom is 0.407 e. The Morgan fingerprint density at radius 2 is 2.35 bits per heavy atom. The van der Waals surface area contributed by atoms with Crippen molar-refractivity contribution >= 4 is 6.09 Å². The number of methoxy groups -OCH3 is 1. The number of amides is 1. The van der Waals surface area contributed by atoms with Gasteiger partial charge in [0.05, 0.1) is 13.7 Å². The Bertz CT molecular complexity index is 464. The zero-order valence-corrected chi connectivity index (χ0v) is 11.8. The molecule has 1 aliphatic rings. The van der Waals surface area contributed by atoms with Gasteiger partial charge in [-0.25, -0.2) is 4.79 Å². The van der Waals surface area contributed by atoms with E-state index < -0.39 is 6.09 Å². The number of nitrogens with one attached hydrogen (secondary N) is 2. The second-order valence-corrected chi connectivity index (χ2v) is 4.45. The van der Waals surface area contributed by atoms with Gasteiger partial charge in [0.15, 0.2) is 17.6 Å². The Morgan fingerprint density at radius 1 is 1.50 bits per heavy atom. The molecule has 6 heteroatoms. The predicted molar refractivity (Wildman–Crippen MR) is 74.1 cm³/mol. The number of hydrogen-bond acceptors (Lipinski definition) is 5. The third kappa shape index (κ3) is 3.54. The number of carbonyl (C=O) groups is 1. The van der Waals surface area contributed by atoms with E-state index >= 15 is 0 Å². The molecular formula is C14H20N2O4. The lowest BCUT2D eigenvalue weighted by Crippen LogP contribution is -2.23. The van der Waals surface area contributed by atoms with Crippen molar-refractivity contribution in [2.24, 2.45) is 0 Å². The molecule has 1 fully saturated rings. The van der Waals surface area contributed by atoms with Crippen LogP contribution in [0.1, 0.15) is 12.5 Å². The van der Waals surface area contributed by atoms with Gasteiger partial charge >= 0.3 is 6.09 Å². The second-order valence-electron chi connectivity index (χ2n) is 4.45. The van der Waals surface area contributed by atoms with Crippen LogP contribution in [0, 0.1) is 0 Å². The van der Waals surface area contributed by atoms with Gasteiger partial charge in [0, 0.05) is 12.1 Å². The molecule has 1 unspecified atom stereocenters. The summed E-state index contributed by atoms with van der Waals surface area (Å²) in [6.45, 7) is 4.39. The Labute approximate surface area is 118 Å². The summed E-state index contributed by atoms with van der Waals surface area (Å²) in [7, 11) is 1.61. The molecular weight excluding hydrogens is 260 g/mol. The van der Waals surface area contributed by atoms with Crippen molar-refractivity contribution < 1.29 is 19.0 Å². The molecule has 0 radical (unpaired) electrons. The van der Waals surface area contributed by atoms with Gasteiger partial charge in [-0.15, -0.1) is 0 Å². The molecule has 1 heterocycles. The van der Waals surface area contributed by atoms with E-state index in [1.807, 2.05) is 25.1 Å². The lowest BCUT2D eigenvalue weighted by atomic mass is 10.2. The minimum absolute atomic E-state index is 0.264. The molecule has 6 nitrogen and oxygen atoms in total. The topological polar surface area (TPSA) is 68.8 Å². The molecule has 1 atom stereocenters. The summed E-state index contributed by atoms with van der Waals surface area (Å²) in [5.74, 6) is 1.37. The lowest BCUT2D eigenvalue weighted by molar-refractivity contribution is 0.103. The highest BCUT2D eigenvalue weighted by atomic mass is 16.6. The molecule has 0 aliphatic carbocycles. The smallest absolute Gasteiger partial charge is 0.407 e. The van der Waals surface area contributed by atoms with E-state index in [2.05, 4.69) is 10.6 Å². The molecule has 20 heavy (non-hydrogen) atoms. The van der Waals surface area contributed by atoms with Crippen LogP contribution in [0.4, 0.5) is 4.79 Å². The molecule has 0 spiro atoms. The summed E-state index contributed by atoms with van der Waals surface area (Å²) in [5.41, 5.74) is 1.02. The maximum atomic E-state index is 11.0. The van der Waals surface area contributed by atoms with E-state index in [-0.39, 0.29) is 6.10 Å². The van der Waals surface area contributed by atoms with E-state index in [4.69, 9.17) is 14.2 Å². The van der Waals surface area contributed by atoms with Crippen LogP contribution >= 0.6 is 0 Å². The number of para-hydroxylation sites is 1. The Morgan fingerprint density at radius 3 is 3.00 bits per heavy atom. The Hall–Kier alpha value is -1.95. The number of hydrogen-bond donors (Lipinski definition) is 2. The number of cyclic esters (lactones) is 1. The predicted octanol–water partition coefficient (Wildman–Crippen LogP) is 1.29. The third-order valence-corrected chi connectivity index (χ3v) is 3.01. The molecule has 1 amide bonds. The van der Waals surface area contributed by atoms with Gasteiger partial charge in [0.2, 0.25) is 0 Å². The molecule has 2 N–H and O–H groups in total. The Kier molecular flexibility index (Phi) is 5.06. The van der Waals surface area contributed by atoms with Crippen molar-refractivity contribution in [3.63, 3.8) is 0 Å². The SMILES string of the molecule is CCNCc1cccc(OC)c1OCC1CNC(=O)O1. The molecule has 1 aromatic carbocycles. The fourth-order valence-corrected chi connectivity index (χ4v) is 1.99. The minimum atomic E-state index is -0.397. The van der Waals surface area contributed by atoms with Gasteiger partial charge in [0.25, 0.3) is 0 Å². The number of carbonyl (C=O) groups excluding carboxylic acids is 1. The monoisotopic (exact) mass is 280 g/mol. The van der Waals surface area contributed by atoms with Crippen LogP contribution in [0.2, 0.25) is 0 Å². The fourth-order valence-electron chi connectivity index (χ4n) is 1.99. The van der Waals surface area contributed by atoms with Crippen molar-refractivity contribution in [1.29, 1.82) is 0 Å². The second kappa shape index (κ2) is 7.00. The van der Waals surface area contributed by atoms with Crippen molar-refractivity contribution in [3.05, 3.63) is 23.8 Å². The van der Waals surface area contributed by atoms with Gasteiger partial charge in [-0.2, -0.15) is 0 Å². The largest absolute Gasteiger partial charge is 0.493 e. The van der Waals surface area contributed by atoms with Crippen LogP contribution < -0.4 is 20.1 Å². The molecule has 0 bridgehead atoms. The normalized spacial score (nSPS) is 17.5. The van der Waals surface area contributed by atoms with Crippen molar-refractivity contribution in [2.75, 3.05) is 26.8 Å². The summed E-state index contributed by atoms with van der Waals surface area (Å²) >= 11 is 0. The third-order valence-electron chi connectivity index (χ3n) is 3.01. The van der Waals surface area contributed by atoms with Gasteiger partial charge < -0.3 is 24.8 Å². The first-order valence-corrected chi connectivity index (χ1v) is 6.68. The number of ether oxygens (including phenoxy) is 3. The first-order valence-electron chi connectivity index (χ1n) is 6.68. The fraction of sp³-hybridized carbons (Fsp3) is 0.500. The first kappa shape index (κ1) is 14.5. The van der Waals surface area contributed by atoms with E-state index in [9.17, 15) is 4.79 Å². The number of benzene rings is 1. The van der Waals surface area contributed by atoms with Crippen LogP contribution in [0.5, 0.6) is 11.5 Å². The highest BCUT2D eigenvalue weighted by Gasteiger charge is 2.24. The van der Waals surface area contributed by atoms with Gasteiger partial charge in [-0.1, -0.05) is 19.1 Å². The van der Waals surface area contributed by atoms with E-state index in [1.165, 1.54) is 0 Å². The molecule has 0 aromatic heterocycles. The van der Waals surface area contributed by atoms with Gasteiger partial charge in [-0.05, 0) is 12.6 Å². The molecule has 2 rings (SSSR count). The molecule has 1 aliphatic heterocycles. The molecule has 110 valence electrons. The summed E-state index contributed by atoms with van der Waals surface area (Å²) in [6, 6.07) is 5.76. The van der Waals surface area contributed by atoms with Crippen LogP contribution in [-0.4, -0.2) is 39.0 Å². The van der Waals surface area contributed by atoms with Crippen LogP contribution in [-0.2, 0) is 11.3 Å². The van der Waals surface area contributed by atoms with Crippen molar-refractivity contribution in [1.82, 2.24) is 10.6 Å². The summed E-state index contributed by atoms with van der Waals surface area (Å²) in [6.07, 6.45) is -0.661. The summed E-state index contributed by atoms with van der Waals surface area (Å²) in [5, 5.41) is 5.86. The maximum absolute atomic E-state index is 11.0. The van der Waals surface area contributed by atoms with E-state index in [1.54, 1.807) is 7.11 Å². The average Bonchev–Trinajstić information content (AvgIpc) is 2.88. The highest BCUT2D eigenvalue weighted by Crippen LogP contribution is 2.31. The van der Waals surface area contributed by atoms with E-state index in [0.717, 1.165) is 12.1 Å². The highest BCUT2D eigenvalue weighted by molar-refractivity contribution is 5.69. The van der Waals surface area contributed by atoms with Gasteiger partial charge in [0.1, 0.15) is 6.61 Å².